The number of carboxylic acids is 1. The molecule has 0 saturated heterocycles. The fraction of sp³-hybridized carbons (Fsp3) is 0.200. The molecule has 1 aromatic heterocycles. The normalized spacial score (nSPS) is 11.6. The van der Waals surface area contributed by atoms with E-state index in [1.165, 1.54) is 26.0 Å². The van der Waals surface area contributed by atoms with Crippen molar-refractivity contribution in [2.24, 2.45) is 0 Å². The third-order valence-corrected chi connectivity index (χ3v) is 5.03. The van der Waals surface area contributed by atoms with Gasteiger partial charge in [0.15, 0.2) is 11.2 Å². The lowest BCUT2D eigenvalue weighted by molar-refractivity contribution is -0.152. The van der Waals surface area contributed by atoms with Crippen molar-refractivity contribution in [3.8, 4) is 17.2 Å². The van der Waals surface area contributed by atoms with Gasteiger partial charge in [0, 0.05) is 18.7 Å². The first-order valence-electron chi connectivity index (χ1n) is 10.2. The van der Waals surface area contributed by atoms with Crippen LogP contribution in [0.4, 0.5) is 4.39 Å². The average Bonchev–Trinajstić information content (AvgIpc) is 3.19. The summed E-state index contributed by atoms with van der Waals surface area (Å²) in [6.45, 7) is 3.97. The van der Waals surface area contributed by atoms with Crippen molar-refractivity contribution < 1.29 is 23.4 Å². The third-order valence-electron chi connectivity index (χ3n) is 5.03. The first-order valence-corrected chi connectivity index (χ1v) is 10.2. The molecule has 6 nitrogen and oxygen atoms in total. The minimum Gasteiger partial charge on any atom is -0.478 e. The summed E-state index contributed by atoms with van der Waals surface area (Å²) in [6.07, 6.45) is 0. The maximum atomic E-state index is 14.0. The topological polar surface area (TPSA) is 84.6 Å². The van der Waals surface area contributed by atoms with Gasteiger partial charge in [-0.25, -0.2) is 14.2 Å². The van der Waals surface area contributed by atoms with Crippen molar-refractivity contribution in [2.45, 2.75) is 32.5 Å². The van der Waals surface area contributed by atoms with E-state index < -0.39 is 11.6 Å². The Balaban J connectivity index is 1.48. The van der Waals surface area contributed by atoms with Gasteiger partial charge in [-0.1, -0.05) is 30.3 Å². The Bertz CT molecular complexity index is 1230. The number of nitrogens with zero attached hydrogens (tertiary/aromatic N) is 1. The minimum atomic E-state index is -1.32. The van der Waals surface area contributed by atoms with Gasteiger partial charge in [0.2, 0.25) is 5.89 Å². The Labute approximate surface area is 184 Å². The van der Waals surface area contributed by atoms with Crippen molar-refractivity contribution in [3.63, 3.8) is 0 Å². The van der Waals surface area contributed by atoms with Gasteiger partial charge in [-0.3, -0.25) is 0 Å². The third kappa shape index (κ3) is 4.78. The van der Waals surface area contributed by atoms with E-state index in [9.17, 15) is 14.3 Å². The number of ether oxygens (including phenoxy) is 1. The molecule has 0 aliphatic rings. The Kier molecular flexibility index (Phi) is 5.92. The first kappa shape index (κ1) is 21.5. The molecule has 0 aliphatic heterocycles. The number of benzene rings is 3. The highest BCUT2D eigenvalue weighted by Crippen LogP contribution is 2.28. The molecule has 0 fully saturated rings. The summed E-state index contributed by atoms with van der Waals surface area (Å²) in [5, 5.41) is 12.6. The van der Waals surface area contributed by atoms with Crippen LogP contribution in [0.3, 0.4) is 0 Å². The summed E-state index contributed by atoms with van der Waals surface area (Å²) in [7, 11) is 0. The molecule has 4 rings (SSSR count). The number of rotatable bonds is 8. The van der Waals surface area contributed by atoms with E-state index in [-0.39, 0.29) is 5.82 Å². The number of hydrogen-bond donors (Lipinski definition) is 2. The van der Waals surface area contributed by atoms with Gasteiger partial charge < -0.3 is 19.6 Å². The lowest BCUT2D eigenvalue weighted by atomic mass is 10.1. The van der Waals surface area contributed by atoms with Crippen LogP contribution in [0.25, 0.3) is 22.6 Å². The van der Waals surface area contributed by atoms with Crippen LogP contribution in [0, 0.1) is 5.82 Å². The zero-order valence-corrected chi connectivity index (χ0v) is 17.8. The van der Waals surface area contributed by atoms with Gasteiger partial charge in [0.1, 0.15) is 17.1 Å². The summed E-state index contributed by atoms with van der Waals surface area (Å²) < 4.78 is 25.4. The highest BCUT2D eigenvalue weighted by molar-refractivity contribution is 5.77. The monoisotopic (exact) mass is 434 g/mol. The van der Waals surface area contributed by atoms with Crippen LogP contribution >= 0.6 is 0 Å². The van der Waals surface area contributed by atoms with Gasteiger partial charge in [-0.15, -0.1) is 0 Å². The van der Waals surface area contributed by atoms with E-state index in [2.05, 4.69) is 10.3 Å². The molecule has 0 bridgehead atoms. The van der Waals surface area contributed by atoms with Gasteiger partial charge >= 0.3 is 5.97 Å². The second kappa shape index (κ2) is 8.80. The number of fused-ring (bicyclic) bond motifs is 1. The van der Waals surface area contributed by atoms with Crippen molar-refractivity contribution in [1.82, 2.24) is 10.3 Å². The lowest BCUT2D eigenvalue weighted by Gasteiger charge is -2.21. The predicted octanol–water partition coefficient (Wildman–Crippen LogP) is 5.17. The molecule has 3 aromatic carbocycles. The van der Waals surface area contributed by atoms with Gasteiger partial charge in [-0.05, 0) is 61.4 Å². The second-order valence-electron chi connectivity index (χ2n) is 7.96. The number of hydrogen-bond acceptors (Lipinski definition) is 5. The van der Waals surface area contributed by atoms with E-state index in [0.29, 0.717) is 41.4 Å². The van der Waals surface area contributed by atoms with Crippen LogP contribution in [0.1, 0.15) is 25.0 Å². The molecule has 0 saturated carbocycles. The van der Waals surface area contributed by atoms with E-state index in [1.807, 2.05) is 36.4 Å². The van der Waals surface area contributed by atoms with Gasteiger partial charge in [0.05, 0.1) is 0 Å². The SMILES string of the molecule is CC(C)(Oc1cccc(CNCc2ccc(F)cc2-c2nc3ccccc3o2)c1)C(=O)O. The number of para-hydroxylation sites is 2. The maximum Gasteiger partial charge on any atom is 0.347 e. The van der Waals surface area contributed by atoms with Crippen molar-refractivity contribution >= 4 is 17.1 Å². The molecule has 2 N–H and O–H groups in total. The standard InChI is InChI=1S/C25H23FN2O4/c1-25(2,24(29)30)32-19-7-5-6-16(12-19)14-27-15-17-10-11-18(26)13-20(17)23-28-21-8-3-4-9-22(21)31-23/h3-13,27H,14-15H2,1-2H3,(H,29,30). The molecule has 4 aromatic rings. The number of halogens is 1. The molecule has 7 heteroatoms. The molecule has 0 amide bonds. The summed E-state index contributed by atoms with van der Waals surface area (Å²) in [5.41, 5.74) is 2.40. The number of aliphatic carboxylic acids is 1. The lowest BCUT2D eigenvalue weighted by Crippen LogP contribution is -2.37. The second-order valence-corrected chi connectivity index (χ2v) is 7.96. The molecule has 1 heterocycles. The number of nitrogens with one attached hydrogen (secondary N) is 1. The van der Waals surface area contributed by atoms with Crippen molar-refractivity contribution in [1.29, 1.82) is 0 Å². The Morgan fingerprint density at radius 3 is 2.69 bits per heavy atom. The molecule has 0 radical (unpaired) electrons. The van der Waals surface area contributed by atoms with E-state index in [0.717, 1.165) is 11.1 Å². The molecule has 0 aliphatic carbocycles. The smallest absolute Gasteiger partial charge is 0.347 e. The Morgan fingerprint density at radius 1 is 1.09 bits per heavy atom. The molecule has 164 valence electrons. The van der Waals surface area contributed by atoms with E-state index >= 15 is 0 Å². The van der Waals surface area contributed by atoms with Crippen LogP contribution in [-0.4, -0.2) is 21.7 Å². The highest BCUT2D eigenvalue weighted by Gasteiger charge is 2.29. The van der Waals surface area contributed by atoms with Gasteiger partial charge in [0.25, 0.3) is 0 Å². The fourth-order valence-electron chi connectivity index (χ4n) is 3.29. The molecule has 0 unspecified atom stereocenters. The van der Waals surface area contributed by atoms with Crippen LogP contribution in [0.5, 0.6) is 5.75 Å². The first-order chi connectivity index (χ1) is 15.3. The van der Waals surface area contributed by atoms with E-state index in [1.54, 1.807) is 18.2 Å². The van der Waals surface area contributed by atoms with Crippen molar-refractivity contribution in [3.05, 3.63) is 83.7 Å². The number of aromatic nitrogens is 1. The fourth-order valence-corrected chi connectivity index (χ4v) is 3.29. The number of carbonyl (C=O) groups is 1. The summed E-state index contributed by atoms with van der Waals surface area (Å²) in [5.74, 6) is -0.555. The maximum absolute atomic E-state index is 14.0. The number of oxazole rings is 1. The predicted molar refractivity (Wildman–Crippen MR) is 119 cm³/mol. The number of carboxylic acid groups (broad SMARTS) is 1. The zero-order valence-electron chi connectivity index (χ0n) is 17.8. The van der Waals surface area contributed by atoms with Crippen LogP contribution < -0.4 is 10.1 Å². The van der Waals surface area contributed by atoms with Gasteiger partial charge in [-0.2, -0.15) is 0 Å². The zero-order chi connectivity index (χ0) is 22.7. The summed E-state index contributed by atoms with van der Waals surface area (Å²) in [6, 6.07) is 19.2. The quantitative estimate of drug-likeness (QED) is 0.398. The average molecular weight is 434 g/mol. The van der Waals surface area contributed by atoms with Crippen molar-refractivity contribution in [2.75, 3.05) is 0 Å². The van der Waals surface area contributed by atoms with E-state index in [4.69, 9.17) is 9.15 Å². The van der Waals surface area contributed by atoms with Crippen LogP contribution in [0.15, 0.2) is 71.1 Å². The molecule has 32 heavy (non-hydrogen) atoms. The Hall–Kier alpha value is -3.71. The van der Waals surface area contributed by atoms with Crippen LogP contribution in [-0.2, 0) is 17.9 Å². The molecule has 0 atom stereocenters. The molecular formula is C25H23FN2O4. The summed E-state index contributed by atoms with van der Waals surface area (Å²) in [4.78, 5) is 15.8. The molecular weight excluding hydrogens is 411 g/mol. The largest absolute Gasteiger partial charge is 0.478 e. The van der Waals surface area contributed by atoms with Crippen LogP contribution in [0.2, 0.25) is 0 Å². The summed E-state index contributed by atoms with van der Waals surface area (Å²) >= 11 is 0. The minimum absolute atomic E-state index is 0.364. The molecule has 0 spiro atoms. The Morgan fingerprint density at radius 2 is 1.91 bits per heavy atom. The highest BCUT2D eigenvalue weighted by atomic mass is 19.1.